The van der Waals surface area contributed by atoms with Crippen molar-refractivity contribution in [2.45, 2.75) is 25.9 Å². The molecule has 32 heavy (non-hydrogen) atoms. The molecular formula is C23H21Cl2N3O4. The fourth-order valence-electron chi connectivity index (χ4n) is 3.62. The number of carbonyl (C=O) groups is 3. The number of halogens is 2. The molecule has 1 fully saturated rings. The van der Waals surface area contributed by atoms with Gasteiger partial charge < -0.3 is 15.4 Å². The largest absolute Gasteiger partial charge is 0.376 e. The molecule has 0 spiro atoms. The molecule has 4 rings (SSSR count). The number of imide groups is 1. The van der Waals surface area contributed by atoms with E-state index in [1.807, 2.05) is 0 Å². The fourth-order valence-corrected chi connectivity index (χ4v) is 4.00. The summed E-state index contributed by atoms with van der Waals surface area (Å²) in [5.41, 5.74) is 2.03. The van der Waals surface area contributed by atoms with Crippen LogP contribution in [-0.2, 0) is 14.3 Å². The molecule has 7 nitrogen and oxygen atoms in total. The van der Waals surface area contributed by atoms with Gasteiger partial charge in [-0.25, -0.2) is 4.90 Å². The van der Waals surface area contributed by atoms with Gasteiger partial charge in [-0.3, -0.25) is 14.4 Å². The van der Waals surface area contributed by atoms with Gasteiger partial charge in [0.1, 0.15) is 10.7 Å². The number of benzene rings is 2. The molecule has 0 aromatic heterocycles. The van der Waals surface area contributed by atoms with Crippen LogP contribution >= 0.6 is 23.2 Å². The van der Waals surface area contributed by atoms with Gasteiger partial charge in [0.25, 0.3) is 17.7 Å². The molecular weight excluding hydrogens is 453 g/mol. The Labute approximate surface area is 195 Å². The molecule has 0 saturated carbocycles. The van der Waals surface area contributed by atoms with E-state index in [1.165, 1.54) is 0 Å². The number of ether oxygens (including phenoxy) is 1. The minimum atomic E-state index is -0.630. The second-order valence-electron chi connectivity index (χ2n) is 7.61. The van der Waals surface area contributed by atoms with Gasteiger partial charge in [-0.05, 0) is 61.7 Å². The zero-order valence-corrected chi connectivity index (χ0v) is 18.8. The molecule has 9 heteroatoms. The van der Waals surface area contributed by atoms with Crippen molar-refractivity contribution < 1.29 is 19.1 Å². The Morgan fingerprint density at radius 1 is 1.12 bits per heavy atom. The number of hydrogen-bond acceptors (Lipinski definition) is 5. The summed E-state index contributed by atoms with van der Waals surface area (Å²) >= 11 is 12.2. The van der Waals surface area contributed by atoms with Crippen LogP contribution in [0.2, 0.25) is 5.02 Å². The van der Waals surface area contributed by atoms with E-state index < -0.39 is 11.8 Å². The number of aryl methyl sites for hydroxylation is 1. The molecule has 0 bridgehead atoms. The molecule has 2 aliphatic rings. The lowest BCUT2D eigenvalue weighted by atomic mass is 10.1. The number of hydrogen-bond donors (Lipinski definition) is 2. The Kier molecular flexibility index (Phi) is 6.50. The first-order chi connectivity index (χ1) is 15.3. The first kappa shape index (κ1) is 22.3. The summed E-state index contributed by atoms with van der Waals surface area (Å²) in [6.07, 6.45) is 2.01. The predicted molar refractivity (Wildman–Crippen MR) is 123 cm³/mol. The average Bonchev–Trinajstić information content (AvgIpc) is 3.38. The highest BCUT2D eigenvalue weighted by Crippen LogP contribution is 2.33. The van der Waals surface area contributed by atoms with Gasteiger partial charge in [0.15, 0.2) is 0 Å². The van der Waals surface area contributed by atoms with E-state index in [9.17, 15) is 14.4 Å². The van der Waals surface area contributed by atoms with E-state index >= 15 is 0 Å². The Balaban J connectivity index is 1.45. The summed E-state index contributed by atoms with van der Waals surface area (Å²) in [5.74, 6) is -1.42. The highest BCUT2D eigenvalue weighted by atomic mass is 35.5. The van der Waals surface area contributed by atoms with E-state index in [1.54, 1.807) is 49.4 Å². The summed E-state index contributed by atoms with van der Waals surface area (Å²) < 4.78 is 5.50. The van der Waals surface area contributed by atoms with Crippen LogP contribution in [0.3, 0.4) is 0 Å². The van der Waals surface area contributed by atoms with E-state index in [-0.39, 0.29) is 22.7 Å². The van der Waals surface area contributed by atoms with Crippen molar-refractivity contribution in [3.05, 3.63) is 69.3 Å². The lowest BCUT2D eigenvalue weighted by Crippen LogP contribution is -2.33. The van der Waals surface area contributed by atoms with Crippen LogP contribution < -0.4 is 15.5 Å². The monoisotopic (exact) mass is 473 g/mol. The van der Waals surface area contributed by atoms with E-state index in [2.05, 4.69) is 10.6 Å². The van der Waals surface area contributed by atoms with Crippen molar-refractivity contribution in [2.24, 2.45) is 0 Å². The molecule has 2 aliphatic heterocycles. The third kappa shape index (κ3) is 4.50. The zero-order valence-electron chi connectivity index (χ0n) is 17.3. The number of rotatable bonds is 6. The maximum absolute atomic E-state index is 13.0. The molecule has 0 aliphatic carbocycles. The topological polar surface area (TPSA) is 87.7 Å². The van der Waals surface area contributed by atoms with Gasteiger partial charge in [-0.1, -0.05) is 29.3 Å². The van der Waals surface area contributed by atoms with Crippen molar-refractivity contribution in [2.75, 3.05) is 23.4 Å². The van der Waals surface area contributed by atoms with Crippen LogP contribution in [0.25, 0.3) is 0 Å². The first-order valence-electron chi connectivity index (χ1n) is 10.2. The third-order valence-electron chi connectivity index (χ3n) is 5.37. The summed E-state index contributed by atoms with van der Waals surface area (Å²) in [6, 6.07) is 11.5. The van der Waals surface area contributed by atoms with Gasteiger partial charge in [0.05, 0.1) is 11.8 Å². The minimum absolute atomic E-state index is 0.0355. The van der Waals surface area contributed by atoms with Crippen LogP contribution in [0.5, 0.6) is 0 Å². The number of nitrogens with zero attached hydrogens (tertiary/aromatic N) is 1. The molecule has 2 aromatic carbocycles. The van der Waals surface area contributed by atoms with E-state index in [0.717, 1.165) is 24.3 Å². The second-order valence-corrected chi connectivity index (χ2v) is 8.43. The standard InChI is InChI=1S/C23H21Cl2N3O4/c1-13-4-7-15(24)11-18(13)28-22(30)19(25)20(23(28)31)27-16-8-5-14(6-9-16)21(29)26-12-17-3-2-10-32-17/h4-9,11,17,27H,2-3,10,12H2,1H3,(H,26,29). The smallest absolute Gasteiger partial charge is 0.283 e. The first-order valence-corrected chi connectivity index (χ1v) is 10.9. The predicted octanol–water partition coefficient (Wildman–Crippen LogP) is 3.99. The number of anilines is 2. The van der Waals surface area contributed by atoms with Crippen LogP contribution in [0.1, 0.15) is 28.8 Å². The Morgan fingerprint density at radius 2 is 1.88 bits per heavy atom. The van der Waals surface area contributed by atoms with Crippen molar-refractivity contribution >= 4 is 52.3 Å². The quantitative estimate of drug-likeness (QED) is 0.619. The Hall–Kier alpha value is -2.87. The maximum Gasteiger partial charge on any atom is 0.283 e. The molecule has 2 N–H and O–H groups in total. The Morgan fingerprint density at radius 3 is 2.56 bits per heavy atom. The van der Waals surface area contributed by atoms with Gasteiger partial charge in [0.2, 0.25) is 0 Å². The molecule has 3 amide bonds. The lowest BCUT2D eigenvalue weighted by molar-refractivity contribution is -0.120. The van der Waals surface area contributed by atoms with Crippen LogP contribution in [0.4, 0.5) is 11.4 Å². The van der Waals surface area contributed by atoms with Crippen molar-refractivity contribution in [3.8, 4) is 0 Å². The van der Waals surface area contributed by atoms with E-state index in [4.69, 9.17) is 27.9 Å². The summed E-state index contributed by atoms with van der Waals surface area (Å²) in [4.78, 5) is 39.0. The molecule has 1 saturated heterocycles. The lowest BCUT2D eigenvalue weighted by Gasteiger charge is -2.18. The normalized spacial score (nSPS) is 18.5. The van der Waals surface area contributed by atoms with Crippen molar-refractivity contribution in [3.63, 3.8) is 0 Å². The molecule has 2 heterocycles. The Bertz CT molecular complexity index is 1110. The fraction of sp³-hybridized carbons (Fsp3) is 0.261. The van der Waals surface area contributed by atoms with Gasteiger partial charge in [-0.2, -0.15) is 0 Å². The van der Waals surface area contributed by atoms with Gasteiger partial charge in [0, 0.05) is 29.4 Å². The molecule has 2 aromatic rings. The van der Waals surface area contributed by atoms with Gasteiger partial charge in [-0.15, -0.1) is 0 Å². The second kappa shape index (κ2) is 9.32. The minimum Gasteiger partial charge on any atom is -0.376 e. The molecule has 1 atom stereocenters. The number of nitrogens with one attached hydrogen (secondary N) is 2. The third-order valence-corrected chi connectivity index (χ3v) is 5.96. The highest BCUT2D eigenvalue weighted by molar-refractivity contribution is 6.53. The SMILES string of the molecule is Cc1ccc(Cl)cc1N1C(=O)C(Cl)=C(Nc2ccc(C(=O)NCC3CCCO3)cc2)C1=O. The maximum atomic E-state index is 13.0. The van der Waals surface area contributed by atoms with Crippen LogP contribution in [-0.4, -0.2) is 37.0 Å². The molecule has 1 unspecified atom stereocenters. The van der Waals surface area contributed by atoms with Gasteiger partial charge >= 0.3 is 0 Å². The average molecular weight is 474 g/mol. The van der Waals surface area contributed by atoms with Crippen LogP contribution in [0.15, 0.2) is 53.2 Å². The van der Waals surface area contributed by atoms with E-state index in [0.29, 0.717) is 34.1 Å². The number of carbonyl (C=O) groups excluding carboxylic acids is 3. The molecule has 166 valence electrons. The van der Waals surface area contributed by atoms with Crippen LogP contribution in [0, 0.1) is 6.92 Å². The van der Waals surface area contributed by atoms with Crippen molar-refractivity contribution in [1.29, 1.82) is 0 Å². The summed E-state index contributed by atoms with van der Waals surface area (Å²) in [6.45, 7) is 2.97. The zero-order chi connectivity index (χ0) is 22.8. The highest BCUT2D eigenvalue weighted by Gasteiger charge is 2.39. The summed E-state index contributed by atoms with van der Waals surface area (Å²) in [5, 5.41) is 5.94. The van der Waals surface area contributed by atoms with Crippen molar-refractivity contribution in [1.82, 2.24) is 5.32 Å². The number of amides is 3. The summed E-state index contributed by atoms with van der Waals surface area (Å²) in [7, 11) is 0. The molecule has 0 radical (unpaired) electrons.